The van der Waals surface area contributed by atoms with Crippen LogP contribution in [0.15, 0.2) is 51.1 Å². The Hall–Kier alpha value is 0.0100. The average Bonchev–Trinajstić information content (AvgIpc) is 2.67. The van der Waals surface area contributed by atoms with E-state index in [4.69, 9.17) is 11.2 Å². The van der Waals surface area contributed by atoms with Crippen LogP contribution in [-0.2, 0) is 30.4 Å². The van der Waals surface area contributed by atoms with Gasteiger partial charge in [0, 0.05) is 32.3 Å². The van der Waals surface area contributed by atoms with Crippen molar-refractivity contribution in [2.45, 2.75) is 14.7 Å². The number of hydrogen-bond acceptors (Lipinski definition) is 10. The van der Waals surface area contributed by atoms with E-state index >= 15 is 0 Å². The molecule has 0 amide bonds. The van der Waals surface area contributed by atoms with Gasteiger partial charge in [0.1, 0.15) is 42.7 Å². The van der Waals surface area contributed by atoms with E-state index in [2.05, 4.69) is 5.92 Å². The molecule has 0 saturated carbocycles. The smallest absolute Gasteiger partial charge is 0.744 e. The summed E-state index contributed by atoms with van der Waals surface area (Å²) >= 11 is 0. The molecule has 0 saturated heterocycles. The Labute approximate surface area is 267 Å². The standard InChI is InChI=1S/C19H12O10S3.3Na/c1-2-7-29-14-8-15(30(20,21)22)11-5-6-13-17(32(26,27)28)9-16(31(23,24)25)12-4-3-10(14)18(11)19(12)13;;;/h1,3-6,8-9H,7H2,(H,20,21,22)(H,23,24,25)(H,26,27,28);;;/q;3*+1/p-3. The molecule has 0 N–H and O–H groups in total. The molecule has 16 heteroatoms. The molecule has 35 heavy (non-hydrogen) atoms. The Morgan fingerprint density at radius 3 is 1.37 bits per heavy atom. The zero-order valence-corrected chi connectivity index (χ0v) is 27.0. The maximum atomic E-state index is 11.9. The van der Waals surface area contributed by atoms with Gasteiger partial charge in [-0.1, -0.05) is 24.1 Å². The first-order chi connectivity index (χ1) is 14.7. The Balaban J connectivity index is 0.00000204. The third-order valence-electron chi connectivity index (χ3n) is 4.87. The SMILES string of the molecule is C#CCOc1cc(S(=O)(=O)[O-])c2ccc3c(S(=O)(=O)[O-])cc(S(=O)(=O)[O-])c4ccc1c2c43.[Na+].[Na+].[Na+]. The number of benzene rings is 4. The molecule has 10 nitrogen and oxygen atoms in total. The predicted octanol–water partition coefficient (Wildman–Crippen LogP) is -7.68. The number of ether oxygens (including phenoxy) is 1. The van der Waals surface area contributed by atoms with Gasteiger partial charge in [-0.15, -0.1) is 6.42 Å². The second-order valence-electron chi connectivity index (χ2n) is 6.67. The summed E-state index contributed by atoms with van der Waals surface area (Å²) in [6.45, 7) is -0.317. The molecule has 0 aliphatic rings. The van der Waals surface area contributed by atoms with Crippen molar-refractivity contribution < 1.29 is 132 Å². The van der Waals surface area contributed by atoms with Crippen LogP contribution >= 0.6 is 0 Å². The van der Waals surface area contributed by atoms with E-state index in [1.54, 1.807) is 0 Å². The molecular formula is C19H9Na3O10S3. The van der Waals surface area contributed by atoms with Crippen LogP contribution in [0.5, 0.6) is 5.75 Å². The van der Waals surface area contributed by atoms with E-state index in [-0.39, 0.29) is 133 Å². The van der Waals surface area contributed by atoms with Crippen molar-refractivity contribution in [1.82, 2.24) is 0 Å². The largest absolute Gasteiger partial charge is 1.00 e. The molecule has 0 aromatic heterocycles. The molecule has 0 bridgehead atoms. The van der Waals surface area contributed by atoms with Crippen molar-refractivity contribution in [3.05, 3.63) is 36.4 Å². The molecule has 0 fully saturated rings. The Morgan fingerprint density at radius 1 is 0.657 bits per heavy atom. The summed E-state index contributed by atoms with van der Waals surface area (Å²) in [6.07, 6.45) is 5.17. The topological polar surface area (TPSA) is 181 Å². The fourth-order valence-electron chi connectivity index (χ4n) is 3.73. The molecule has 166 valence electrons. The minimum absolute atomic E-state index is 0. The first kappa shape index (κ1) is 33.0. The van der Waals surface area contributed by atoms with E-state index < -0.39 is 45.0 Å². The third kappa shape index (κ3) is 6.03. The second kappa shape index (κ2) is 11.4. The van der Waals surface area contributed by atoms with Crippen LogP contribution in [0, 0.1) is 12.3 Å². The molecule has 0 atom stereocenters. The maximum absolute atomic E-state index is 11.9. The molecule has 4 rings (SSSR count). The van der Waals surface area contributed by atoms with Gasteiger partial charge in [-0.25, -0.2) is 25.3 Å². The van der Waals surface area contributed by atoms with Crippen LogP contribution in [0.25, 0.3) is 32.3 Å². The van der Waals surface area contributed by atoms with Crippen molar-refractivity contribution in [2.75, 3.05) is 6.61 Å². The zero-order valence-electron chi connectivity index (χ0n) is 18.6. The van der Waals surface area contributed by atoms with Gasteiger partial charge < -0.3 is 18.4 Å². The van der Waals surface area contributed by atoms with Crippen molar-refractivity contribution in [3.8, 4) is 18.1 Å². The van der Waals surface area contributed by atoms with Crippen LogP contribution in [0.3, 0.4) is 0 Å². The summed E-state index contributed by atoms with van der Waals surface area (Å²) in [5.74, 6) is 2.02. The van der Waals surface area contributed by atoms with Crippen molar-refractivity contribution in [2.24, 2.45) is 0 Å². The van der Waals surface area contributed by atoms with Crippen LogP contribution in [-0.4, -0.2) is 45.5 Å². The first-order valence-electron chi connectivity index (χ1n) is 8.47. The minimum Gasteiger partial charge on any atom is -0.744 e. The molecule has 0 heterocycles. The fourth-order valence-corrected chi connectivity index (χ4v) is 5.89. The Morgan fingerprint density at radius 2 is 1.00 bits per heavy atom. The second-order valence-corrected chi connectivity index (χ2v) is 10.7. The van der Waals surface area contributed by atoms with E-state index in [1.807, 2.05) is 0 Å². The number of rotatable bonds is 5. The summed E-state index contributed by atoms with van der Waals surface area (Å²) in [4.78, 5) is -2.72. The first-order valence-corrected chi connectivity index (χ1v) is 12.7. The Kier molecular flexibility index (Phi) is 10.8. The van der Waals surface area contributed by atoms with E-state index in [1.165, 1.54) is 12.1 Å². The number of hydrogen-bond donors (Lipinski definition) is 0. The summed E-state index contributed by atoms with van der Waals surface area (Å²) < 4.78 is 112. The van der Waals surface area contributed by atoms with E-state index in [9.17, 15) is 38.9 Å². The van der Waals surface area contributed by atoms with Gasteiger partial charge in [0.2, 0.25) is 0 Å². The average molecular weight is 562 g/mol. The molecular weight excluding hydrogens is 553 g/mol. The summed E-state index contributed by atoms with van der Waals surface area (Å²) in [7, 11) is -15.6. The van der Waals surface area contributed by atoms with Crippen LogP contribution in [0.4, 0.5) is 0 Å². The van der Waals surface area contributed by atoms with Gasteiger partial charge in [-0.2, -0.15) is 0 Å². The summed E-state index contributed by atoms with van der Waals surface area (Å²) in [5.41, 5.74) is 0. The Bertz CT molecular complexity index is 1760. The minimum atomic E-state index is -5.26. The van der Waals surface area contributed by atoms with Crippen molar-refractivity contribution >= 4 is 62.7 Å². The normalized spacial score (nSPS) is 11.9. The van der Waals surface area contributed by atoms with Crippen molar-refractivity contribution in [3.63, 3.8) is 0 Å². The molecule has 0 spiro atoms. The molecule has 4 aromatic carbocycles. The van der Waals surface area contributed by atoms with Gasteiger partial charge in [0.25, 0.3) is 0 Å². The van der Waals surface area contributed by atoms with Gasteiger partial charge >= 0.3 is 88.7 Å². The van der Waals surface area contributed by atoms with Crippen LogP contribution < -0.4 is 93.4 Å². The molecule has 4 aromatic rings. The molecule has 0 radical (unpaired) electrons. The number of terminal acetylenes is 1. The predicted molar refractivity (Wildman–Crippen MR) is 108 cm³/mol. The van der Waals surface area contributed by atoms with Crippen molar-refractivity contribution in [1.29, 1.82) is 0 Å². The monoisotopic (exact) mass is 562 g/mol. The van der Waals surface area contributed by atoms with Gasteiger partial charge in [0.15, 0.2) is 0 Å². The molecule has 0 unspecified atom stereocenters. The van der Waals surface area contributed by atoms with Crippen LogP contribution in [0.1, 0.15) is 0 Å². The van der Waals surface area contributed by atoms with Gasteiger partial charge in [-0.3, -0.25) is 0 Å². The maximum Gasteiger partial charge on any atom is 1.00 e. The van der Waals surface area contributed by atoms with Crippen LogP contribution in [0.2, 0.25) is 0 Å². The van der Waals surface area contributed by atoms with E-state index in [0.717, 1.165) is 18.2 Å². The molecule has 0 aliphatic heterocycles. The fraction of sp³-hybridized carbons (Fsp3) is 0.0526. The van der Waals surface area contributed by atoms with E-state index in [0.29, 0.717) is 6.07 Å². The quantitative estimate of drug-likeness (QED) is 0.0981. The molecule has 0 aliphatic carbocycles. The van der Waals surface area contributed by atoms with Gasteiger partial charge in [-0.05, 0) is 18.2 Å². The summed E-state index contributed by atoms with van der Waals surface area (Å²) in [6, 6.07) is 6.07. The third-order valence-corrected chi connectivity index (χ3v) is 7.50. The summed E-state index contributed by atoms with van der Waals surface area (Å²) in [5, 5.41) is -0.847. The zero-order chi connectivity index (χ0) is 23.6. The van der Waals surface area contributed by atoms with Gasteiger partial charge in [0.05, 0.1) is 14.7 Å².